The Morgan fingerprint density at radius 3 is 2.60 bits per heavy atom. The first-order valence-electron chi connectivity index (χ1n) is 5.65. The Labute approximate surface area is 119 Å². The zero-order chi connectivity index (χ0) is 15.0. The van der Waals surface area contributed by atoms with E-state index in [0.29, 0.717) is 5.56 Å². The molecule has 0 aliphatic heterocycles. The average Bonchev–Trinajstić information content (AvgIpc) is 2.39. The van der Waals surface area contributed by atoms with Crippen molar-refractivity contribution in [2.75, 3.05) is 5.73 Å². The summed E-state index contributed by atoms with van der Waals surface area (Å²) in [5, 5.41) is 9.23. The Balaban J connectivity index is 2.91. The highest BCUT2D eigenvalue weighted by Crippen LogP contribution is 2.34. The van der Waals surface area contributed by atoms with Gasteiger partial charge in [0, 0.05) is 17.4 Å². The molecular weight excluding hydrogens is 285 g/mol. The quantitative estimate of drug-likeness (QED) is 0.657. The molecule has 0 spiro atoms. The molecule has 0 radical (unpaired) electrons. The molecule has 0 saturated carbocycles. The van der Waals surface area contributed by atoms with E-state index >= 15 is 0 Å². The number of aromatic nitrogens is 2. The Hall–Kier alpha value is -2.21. The number of rotatable bonds is 2. The molecule has 7 heteroatoms. The Bertz CT molecular complexity index is 719. The number of nitrogens with zero attached hydrogens (tertiary/aromatic N) is 2. The predicted octanol–water partition coefficient (Wildman–Crippen LogP) is 2.83. The first-order chi connectivity index (χ1) is 9.34. The van der Waals surface area contributed by atoms with Gasteiger partial charge in [0.1, 0.15) is 5.82 Å². The van der Waals surface area contributed by atoms with Crippen LogP contribution in [0.1, 0.15) is 21.5 Å². The van der Waals surface area contributed by atoms with E-state index in [1.54, 1.807) is 0 Å². The maximum atomic E-state index is 14.4. The van der Waals surface area contributed by atoms with Crippen molar-refractivity contribution in [3.8, 4) is 11.3 Å². The van der Waals surface area contributed by atoms with Crippen molar-refractivity contribution in [1.82, 2.24) is 9.97 Å². The minimum atomic E-state index is -1.28. The SMILES string of the molecule is Cc1c(N)c(C)c(C(=O)O)c(-c2ccnc(Cl)n2)c1F. The van der Waals surface area contributed by atoms with Gasteiger partial charge < -0.3 is 10.8 Å². The van der Waals surface area contributed by atoms with Crippen molar-refractivity contribution in [3.63, 3.8) is 0 Å². The first kappa shape index (κ1) is 14.2. The number of carboxylic acids is 1. The van der Waals surface area contributed by atoms with Gasteiger partial charge in [-0.1, -0.05) is 0 Å². The molecule has 1 heterocycles. The Kier molecular flexibility index (Phi) is 3.59. The van der Waals surface area contributed by atoms with Gasteiger partial charge in [-0.15, -0.1) is 0 Å². The standard InChI is InChI=1S/C13H11ClFN3O2/c1-5-8(12(19)20)9(10(15)6(2)11(5)16)7-3-4-17-13(14)18-7/h3-4H,16H2,1-2H3,(H,19,20). The smallest absolute Gasteiger partial charge is 0.336 e. The van der Waals surface area contributed by atoms with Gasteiger partial charge in [-0.25, -0.2) is 19.2 Å². The molecule has 104 valence electrons. The highest BCUT2D eigenvalue weighted by Gasteiger charge is 2.24. The molecule has 3 N–H and O–H groups in total. The summed E-state index contributed by atoms with van der Waals surface area (Å²) in [6.45, 7) is 3.01. The summed E-state index contributed by atoms with van der Waals surface area (Å²) >= 11 is 5.67. The molecule has 2 aromatic rings. The van der Waals surface area contributed by atoms with Gasteiger partial charge in [-0.3, -0.25) is 0 Å². The van der Waals surface area contributed by atoms with E-state index in [4.69, 9.17) is 17.3 Å². The van der Waals surface area contributed by atoms with Gasteiger partial charge in [0.05, 0.1) is 16.8 Å². The Morgan fingerprint density at radius 1 is 1.40 bits per heavy atom. The van der Waals surface area contributed by atoms with Crippen molar-refractivity contribution >= 4 is 23.3 Å². The number of nitrogens with two attached hydrogens (primary N) is 1. The molecule has 0 aliphatic carbocycles. The van der Waals surface area contributed by atoms with E-state index < -0.39 is 11.8 Å². The topological polar surface area (TPSA) is 89.1 Å². The van der Waals surface area contributed by atoms with E-state index in [1.807, 2.05) is 0 Å². The highest BCUT2D eigenvalue weighted by molar-refractivity contribution is 6.28. The normalized spacial score (nSPS) is 10.6. The summed E-state index contributed by atoms with van der Waals surface area (Å²) in [5.41, 5.74) is 6.07. The fourth-order valence-electron chi connectivity index (χ4n) is 2.00. The van der Waals surface area contributed by atoms with Gasteiger partial charge in [-0.2, -0.15) is 0 Å². The van der Waals surface area contributed by atoms with Crippen LogP contribution in [-0.2, 0) is 0 Å². The highest BCUT2D eigenvalue weighted by atomic mass is 35.5. The van der Waals surface area contributed by atoms with E-state index in [-0.39, 0.29) is 33.4 Å². The zero-order valence-corrected chi connectivity index (χ0v) is 11.5. The van der Waals surface area contributed by atoms with Crippen molar-refractivity contribution in [1.29, 1.82) is 0 Å². The predicted molar refractivity (Wildman–Crippen MR) is 73.3 cm³/mol. The van der Waals surface area contributed by atoms with Gasteiger partial charge in [0.15, 0.2) is 0 Å². The van der Waals surface area contributed by atoms with Crippen molar-refractivity contribution in [2.45, 2.75) is 13.8 Å². The number of hydrogen-bond donors (Lipinski definition) is 2. The van der Waals surface area contributed by atoms with E-state index in [0.717, 1.165) is 0 Å². The van der Waals surface area contributed by atoms with Gasteiger partial charge in [0.25, 0.3) is 0 Å². The fourth-order valence-corrected chi connectivity index (χ4v) is 2.15. The lowest BCUT2D eigenvalue weighted by molar-refractivity contribution is 0.0696. The molecule has 5 nitrogen and oxygen atoms in total. The third-order valence-corrected chi connectivity index (χ3v) is 3.26. The molecule has 1 aromatic heterocycles. The number of benzene rings is 1. The number of carboxylic acid groups (broad SMARTS) is 1. The first-order valence-corrected chi connectivity index (χ1v) is 6.02. The molecule has 0 fully saturated rings. The minimum Gasteiger partial charge on any atom is -0.478 e. The van der Waals surface area contributed by atoms with Crippen LogP contribution in [0.2, 0.25) is 5.28 Å². The van der Waals surface area contributed by atoms with Crippen molar-refractivity contribution in [2.24, 2.45) is 0 Å². The molecule has 0 aliphatic rings. The number of anilines is 1. The lowest BCUT2D eigenvalue weighted by atomic mass is 9.94. The Morgan fingerprint density at radius 2 is 2.05 bits per heavy atom. The van der Waals surface area contributed by atoms with Crippen LogP contribution in [0.25, 0.3) is 11.3 Å². The van der Waals surface area contributed by atoms with Crippen LogP contribution in [-0.4, -0.2) is 21.0 Å². The zero-order valence-electron chi connectivity index (χ0n) is 10.7. The molecule has 0 bridgehead atoms. The van der Waals surface area contributed by atoms with Crippen molar-refractivity contribution < 1.29 is 14.3 Å². The summed E-state index contributed by atoms with van der Waals surface area (Å²) in [7, 11) is 0. The number of nitrogen functional groups attached to an aromatic ring is 1. The second-order valence-corrected chi connectivity index (χ2v) is 4.58. The minimum absolute atomic E-state index is 0.0923. The number of halogens is 2. The lowest BCUT2D eigenvalue weighted by Crippen LogP contribution is -2.11. The van der Waals surface area contributed by atoms with E-state index in [1.165, 1.54) is 26.1 Å². The molecule has 0 saturated heterocycles. The van der Waals surface area contributed by atoms with E-state index in [9.17, 15) is 14.3 Å². The summed E-state index contributed by atoms with van der Waals surface area (Å²) in [5.74, 6) is -2.00. The van der Waals surface area contributed by atoms with Gasteiger partial charge in [0.2, 0.25) is 5.28 Å². The van der Waals surface area contributed by atoms with Crippen LogP contribution in [0.4, 0.5) is 10.1 Å². The molecule has 0 unspecified atom stereocenters. The van der Waals surface area contributed by atoms with Gasteiger partial charge in [-0.05, 0) is 37.1 Å². The number of carbonyl (C=O) groups is 1. The molecule has 20 heavy (non-hydrogen) atoms. The maximum absolute atomic E-state index is 14.4. The summed E-state index contributed by atoms with van der Waals surface area (Å²) < 4.78 is 14.4. The molecule has 1 aromatic carbocycles. The molecule has 0 atom stereocenters. The largest absolute Gasteiger partial charge is 0.478 e. The third-order valence-electron chi connectivity index (χ3n) is 3.08. The third kappa shape index (κ3) is 2.18. The number of aromatic carboxylic acids is 1. The van der Waals surface area contributed by atoms with Crippen LogP contribution >= 0.6 is 11.6 Å². The molecule has 0 amide bonds. The fraction of sp³-hybridized carbons (Fsp3) is 0.154. The van der Waals surface area contributed by atoms with Crippen LogP contribution < -0.4 is 5.73 Å². The van der Waals surface area contributed by atoms with E-state index in [2.05, 4.69) is 9.97 Å². The average molecular weight is 296 g/mol. The summed E-state index contributed by atoms with van der Waals surface area (Å²) in [6, 6.07) is 1.39. The molecule has 2 rings (SSSR count). The monoisotopic (exact) mass is 295 g/mol. The number of hydrogen-bond acceptors (Lipinski definition) is 4. The van der Waals surface area contributed by atoms with Crippen LogP contribution in [0.5, 0.6) is 0 Å². The maximum Gasteiger partial charge on any atom is 0.336 e. The lowest BCUT2D eigenvalue weighted by Gasteiger charge is -2.15. The summed E-state index contributed by atoms with van der Waals surface area (Å²) in [4.78, 5) is 19.0. The van der Waals surface area contributed by atoms with Crippen LogP contribution in [0.3, 0.4) is 0 Å². The van der Waals surface area contributed by atoms with Crippen molar-refractivity contribution in [3.05, 3.63) is 40.1 Å². The second-order valence-electron chi connectivity index (χ2n) is 4.24. The van der Waals surface area contributed by atoms with Crippen LogP contribution in [0.15, 0.2) is 12.3 Å². The van der Waals surface area contributed by atoms with Crippen LogP contribution in [0, 0.1) is 19.7 Å². The molecular formula is C13H11ClFN3O2. The second kappa shape index (κ2) is 5.05. The van der Waals surface area contributed by atoms with Gasteiger partial charge >= 0.3 is 5.97 Å². The summed E-state index contributed by atoms with van der Waals surface area (Å²) in [6.07, 6.45) is 1.33.